The molecule has 2 aromatic heterocycles. The zero-order valence-corrected chi connectivity index (χ0v) is 13.9. The molecule has 1 fully saturated rings. The van der Waals surface area contributed by atoms with Crippen molar-refractivity contribution < 1.29 is 4.79 Å². The van der Waals surface area contributed by atoms with Crippen LogP contribution in [0.1, 0.15) is 24.8 Å². The number of halogens is 1. The predicted octanol–water partition coefficient (Wildman–Crippen LogP) is 1.44. The maximum atomic E-state index is 12.8. The van der Waals surface area contributed by atoms with Gasteiger partial charge in [0.1, 0.15) is 10.5 Å². The highest BCUT2D eigenvalue weighted by Gasteiger charge is 2.42. The van der Waals surface area contributed by atoms with Crippen molar-refractivity contribution in [1.29, 1.82) is 0 Å². The fourth-order valence-electron chi connectivity index (χ4n) is 2.58. The Bertz CT molecular complexity index is 608. The summed E-state index contributed by atoms with van der Waals surface area (Å²) in [6.07, 6.45) is 5.79. The summed E-state index contributed by atoms with van der Waals surface area (Å²) in [4.78, 5) is 12.8. The number of carbonyl (C=O) groups excluding carboxylic acids is 1. The molecular formula is C13H19ClN6OS. The van der Waals surface area contributed by atoms with Crippen molar-refractivity contribution in [1.82, 2.24) is 25.3 Å². The number of aromatic nitrogens is 4. The molecule has 0 atom stereocenters. The normalized spacial score (nSPS) is 16.8. The lowest BCUT2D eigenvalue weighted by Crippen LogP contribution is -2.52. The topological polar surface area (TPSA) is 84.7 Å². The highest BCUT2D eigenvalue weighted by atomic mass is 35.5. The summed E-state index contributed by atoms with van der Waals surface area (Å²) in [6.45, 7) is 3.61. The fourth-order valence-corrected chi connectivity index (χ4v) is 3.26. The minimum atomic E-state index is -0.646. The van der Waals surface area contributed by atoms with Crippen molar-refractivity contribution in [2.45, 2.75) is 31.7 Å². The number of nitrogens with one attached hydrogen (secondary N) is 2. The van der Waals surface area contributed by atoms with E-state index in [4.69, 9.17) is 0 Å². The zero-order chi connectivity index (χ0) is 14.7. The van der Waals surface area contributed by atoms with E-state index in [2.05, 4.69) is 25.9 Å². The molecule has 7 nitrogen and oxygen atoms in total. The Hall–Kier alpha value is -1.51. The van der Waals surface area contributed by atoms with E-state index in [1.54, 1.807) is 10.9 Å². The first-order valence-corrected chi connectivity index (χ1v) is 7.91. The second-order valence-corrected chi connectivity index (χ2v) is 6.10. The van der Waals surface area contributed by atoms with Gasteiger partial charge in [-0.25, -0.2) is 0 Å². The monoisotopic (exact) mass is 342 g/mol. The number of hydrogen-bond donors (Lipinski definition) is 2. The number of aryl methyl sites for hydroxylation is 1. The van der Waals surface area contributed by atoms with E-state index < -0.39 is 5.54 Å². The average Bonchev–Trinajstić information content (AvgIpc) is 3.19. The Morgan fingerprint density at radius 3 is 2.82 bits per heavy atom. The lowest BCUT2D eigenvalue weighted by Gasteiger charge is -2.36. The Morgan fingerprint density at radius 2 is 2.23 bits per heavy atom. The van der Waals surface area contributed by atoms with Crippen LogP contribution in [-0.2, 0) is 16.8 Å². The average molecular weight is 343 g/mol. The Kier molecular flexibility index (Phi) is 5.49. The van der Waals surface area contributed by atoms with Crippen LogP contribution in [0, 0.1) is 0 Å². The van der Waals surface area contributed by atoms with Gasteiger partial charge in [-0.2, -0.15) is 5.10 Å². The summed E-state index contributed by atoms with van der Waals surface area (Å²) in [5.74, 6) is -0.0634. The molecule has 120 valence electrons. The van der Waals surface area contributed by atoms with Crippen molar-refractivity contribution >= 4 is 34.8 Å². The molecule has 1 amide bonds. The minimum Gasteiger partial charge on any atom is -0.317 e. The molecule has 0 aliphatic carbocycles. The number of nitrogens with zero attached hydrogens (tertiary/aromatic N) is 4. The molecule has 0 spiro atoms. The summed E-state index contributed by atoms with van der Waals surface area (Å²) in [5.41, 5.74) is -0.646. The summed E-state index contributed by atoms with van der Waals surface area (Å²) < 4.78 is 1.77. The van der Waals surface area contributed by atoms with Crippen molar-refractivity contribution in [3.05, 3.63) is 23.5 Å². The van der Waals surface area contributed by atoms with Crippen LogP contribution in [0.3, 0.4) is 0 Å². The number of hydrogen-bond acceptors (Lipinski definition) is 6. The number of amides is 1. The third-order valence-corrected chi connectivity index (χ3v) is 4.77. The molecular weight excluding hydrogens is 324 g/mol. The molecule has 2 N–H and O–H groups in total. The second-order valence-electron chi connectivity index (χ2n) is 5.04. The van der Waals surface area contributed by atoms with Crippen LogP contribution >= 0.6 is 23.7 Å². The molecule has 1 aliphatic rings. The molecule has 0 bridgehead atoms. The summed E-state index contributed by atoms with van der Waals surface area (Å²) in [6, 6.07) is 1.84. The van der Waals surface area contributed by atoms with Crippen molar-refractivity contribution in [3.63, 3.8) is 0 Å². The van der Waals surface area contributed by atoms with Gasteiger partial charge < -0.3 is 5.32 Å². The van der Waals surface area contributed by atoms with Gasteiger partial charge in [0.15, 0.2) is 0 Å². The van der Waals surface area contributed by atoms with Gasteiger partial charge in [0.05, 0.1) is 0 Å². The quantitative estimate of drug-likeness (QED) is 0.878. The summed E-state index contributed by atoms with van der Waals surface area (Å²) in [5, 5.41) is 20.0. The van der Waals surface area contributed by atoms with Gasteiger partial charge >= 0.3 is 0 Å². The van der Waals surface area contributed by atoms with E-state index in [9.17, 15) is 4.79 Å². The summed E-state index contributed by atoms with van der Waals surface area (Å²) in [7, 11) is 0. The second kappa shape index (κ2) is 7.17. The maximum absolute atomic E-state index is 12.8. The van der Waals surface area contributed by atoms with E-state index in [-0.39, 0.29) is 18.3 Å². The SMILES string of the molecule is CCc1nnc(NC(=O)C2(n3cccn3)CCNCC2)s1.Cl. The number of anilines is 1. The van der Waals surface area contributed by atoms with E-state index in [1.165, 1.54) is 11.3 Å². The molecule has 1 aliphatic heterocycles. The predicted molar refractivity (Wildman–Crippen MR) is 87.5 cm³/mol. The molecule has 3 heterocycles. The lowest BCUT2D eigenvalue weighted by molar-refractivity contribution is -0.126. The Morgan fingerprint density at radius 1 is 1.45 bits per heavy atom. The first kappa shape index (κ1) is 16.9. The molecule has 22 heavy (non-hydrogen) atoms. The molecule has 2 aromatic rings. The zero-order valence-electron chi connectivity index (χ0n) is 12.3. The van der Waals surface area contributed by atoms with E-state index in [0.717, 1.165) is 24.5 Å². The molecule has 3 rings (SSSR count). The van der Waals surface area contributed by atoms with Crippen molar-refractivity contribution in [3.8, 4) is 0 Å². The summed E-state index contributed by atoms with van der Waals surface area (Å²) >= 11 is 1.42. The highest BCUT2D eigenvalue weighted by molar-refractivity contribution is 7.15. The largest absolute Gasteiger partial charge is 0.317 e. The van der Waals surface area contributed by atoms with Crippen LogP contribution < -0.4 is 10.6 Å². The Labute approximate surface area is 138 Å². The molecule has 1 saturated heterocycles. The molecule has 9 heteroatoms. The van der Waals surface area contributed by atoms with Gasteiger partial charge in [0.25, 0.3) is 5.91 Å². The smallest absolute Gasteiger partial charge is 0.254 e. The van der Waals surface area contributed by atoms with Crippen molar-refractivity contribution in [2.75, 3.05) is 18.4 Å². The van der Waals surface area contributed by atoms with Crippen LogP contribution in [0.4, 0.5) is 5.13 Å². The van der Waals surface area contributed by atoms with Crippen LogP contribution in [-0.4, -0.2) is 39.0 Å². The number of rotatable bonds is 4. The standard InChI is InChI=1S/C13H18N6OS.ClH/c1-2-10-17-18-12(21-10)16-11(20)13(4-7-14-8-5-13)19-9-3-6-15-19;/h3,6,9,14H,2,4-5,7-8H2,1H3,(H,16,18,20);1H. The first-order valence-electron chi connectivity index (χ1n) is 7.09. The number of carbonyl (C=O) groups is 1. The fraction of sp³-hybridized carbons (Fsp3) is 0.538. The van der Waals surface area contributed by atoms with E-state index in [1.807, 2.05) is 19.2 Å². The van der Waals surface area contributed by atoms with Crippen LogP contribution in [0.2, 0.25) is 0 Å². The van der Waals surface area contributed by atoms with Gasteiger partial charge in [-0.3, -0.25) is 14.8 Å². The van der Waals surface area contributed by atoms with Gasteiger partial charge in [-0.15, -0.1) is 22.6 Å². The minimum absolute atomic E-state index is 0. The van der Waals surface area contributed by atoms with Gasteiger partial charge in [-0.1, -0.05) is 18.3 Å². The third kappa shape index (κ3) is 3.13. The van der Waals surface area contributed by atoms with Gasteiger partial charge in [0, 0.05) is 12.4 Å². The van der Waals surface area contributed by atoms with Crippen LogP contribution in [0.15, 0.2) is 18.5 Å². The number of piperidine rings is 1. The molecule has 0 unspecified atom stereocenters. The van der Waals surface area contributed by atoms with Crippen LogP contribution in [0.5, 0.6) is 0 Å². The van der Waals surface area contributed by atoms with E-state index >= 15 is 0 Å². The van der Waals surface area contributed by atoms with Crippen molar-refractivity contribution in [2.24, 2.45) is 0 Å². The molecule has 0 aromatic carbocycles. The lowest BCUT2D eigenvalue weighted by atomic mass is 9.87. The first-order chi connectivity index (χ1) is 10.2. The maximum Gasteiger partial charge on any atom is 0.254 e. The highest BCUT2D eigenvalue weighted by Crippen LogP contribution is 2.29. The third-order valence-electron chi connectivity index (χ3n) is 3.79. The Balaban J connectivity index is 0.00000176. The van der Waals surface area contributed by atoms with Crippen LogP contribution in [0.25, 0.3) is 0 Å². The van der Waals surface area contributed by atoms with E-state index in [0.29, 0.717) is 18.0 Å². The van der Waals surface area contributed by atoms with Gasteiger partial charge in [-0.05, 0) is 38.4 Å². The molecule has 0 radical (unpaired) electrons. The van der Waals surface area contributed by atoms with Gasteiger partial charge in [0.2, 0.25) is 5.13 Å². The molecule has 0 saturated carbocycles.